The molecule has 84 valence electrons. The maximum absolute atomic E-state index is 11.5. The molecule has 1 rings (SSSR count). The molecular formula is C12H14N2O2. The molecule has 0 aliphatic heterocycles. The fraction of sp³-hybridized carbons (Fsp3) is 0.250. The fourth-order valence-electron chi connectivity index (χ4n) is 1.01. The Morgan fingerprint density at radius 3 is 2.69 bits per heavy atom. The third-order valence-corrected chi connectivity index (χ3v) is 1.89. The van der Waals surface area contributed by atoms with Gasteiger partial charge in [-0.15, -0.1) is 6.42 Å². The lowest BCUT2D eigenvalue weighted by molar-refractivity contribution is 0.0906. The number of nitrogens with two attached hydrogens (primary N) is 1. The zero-order valence-electron chi connectivity index (χ0n) is 9.28. The van der Waals surface area contributed by atoms with Gasteiger partial charge in [-0.25, -0.2) is 4.79 Å². The molecule has 0 bridgehead atoms. The lowest BCUT2D eigenvalue weighted by atomic mass is 10.1. The minimum Gasteiger partial charge on any atom is -0.430 e. The van der Waals surface area contributed by atoms with Crippen LogP contribution < -0.4 is 11.1 Å². The van der Waals surface area contributed by atoms with Gasteiger partial charge in [0.25, 0.3) is 0 Å². The molecule has 0 aromatic heterocycles. The van der Waals surface area contributed by atoms with Gasteiger partial charge < -0.3 is 10.5 Å². The van der Waals surface area contributed by atoms with Gasteiger partial charge in [0.05, 0.1) is 11.4 Å². The van der Waals surface area contributed by atoms with Gasteiger partial charge in [-0.1, -0.05) is 18.1 Å². The van der Waals surface area contributed by atoms with Crippen LogP contribution in [-0.4, -0.2) is 11.7 Å². The molecule has 0 fully saturated rings. The van der Waals surface area contributed by atoms with Gasteiger partial charge in [-0.05, 0) is 26.0 Å². The van der Waals surface area contributed by atoms with Crippen LogP contribution >= 0.6 is 0 Å². The number of nitrogens with one attached hydrogen (secondary N) is 1. The maximum Gasteiger partial charge on any atom is 0.413 e. The van der Waals surface area contributed by atoms with Gasteiger partial charge in [-0.3, -0.25) is 5.32 Å². The first-order valence-corrected chi connectivity index (χ1v) is 4.77. The van der Waals surface area contributed by atoms with E-state index in [4.69, 9.17) is 16.9 Å². The molecule has 0 atom stereocenters. The first-order chi connectivity index (χ1) is 7.44. The Kier molecular flexibility index (Phi) is 3.41. The first-order valence-electron chi connectivity index (χ1n) is 4.77. The van der Waals surface area contributed by atoms with Crippen molar-refractivity contribution in [1.29, 1.82) is 0 Å². The van der Waals surface area contributed by atoms with Crippen LogP contribution in [0.1, 0.15) is 13.8 Å². The van der Waals surface area contributed by atoms with Crippen molar-refractivity contribution in [2.75, 3.05) is 11.1 Å². The van der Waals surface area contributed by atoms with Crippen LogP contribution in [0.4, 0.5) is 16.2 Å². The lowest BCUT2D eigenvalue weighted by Crippen LogP contribution is -2.29. The van der Waals surface area contributed by atoms with Gasteiger partial charge >= 0.3 is 6.09 Å². The summed E-state index contributed by atoms with van der Waals surface area (Å²) in [6.07, 6.45) is 4.57. The minimum atomic E-state index is -0.937. The Hall–Kier alpha value is -2.15. The number of benzene rings is 1. The Morgan fingerprint density at radius 1 is 1.50 bits per heavy atom. The average Bonchev–Trinajstić information content (AvgIpc) is 2.21. The molecule has 4 nitrogen and oxygen atoms in total. The molecule has 0 saturated carbocycles. The molecule has 1 aromatic carbocycles. The second kappa shape index (κ2) is 4.58. The number of hydrogen-bond acceptors (Lipinski definition) is 3. The summed E-state index contributed by atoms with van der Waals surface area (Å²) < 4.78 is 5.00. The van der Waals surface area contributed by atoms with Crippen LogP contribution in [0.2, 0.25) is 0 Å². The van der Waals surface area contributed by atoms with Crippen LogP contribution in [0.3, 0.4) is 0 Å². The quantitative estimate of drug-likeness (QED) is 0.591. The Morgan fingerprint density at radius 2 is 2.12 bits per heavy atom. The van der Waals surface area contributed by atoms with Gasteiger partial charge in [-0.2, -0.15) is 0 Å². The van der Waals surface area contributed by atoms with Gasteiger partial charge in [0.15, 0.2) is 5.60 Å². The molecule has 0 saturated heterocycles. The van der Waals surface area contributed by atoms with E-state index in [-0.39, 0.29) is 0 Å². The molecule has 3 N–H and O–H groups in total. The van der Waals surface area contributed by atoms with Crippen LogP contribution in [0.5, 0.6) is 0 Å². The normalized spacial score (nSPS) is 10.3. The van der Waals surface area contributed by atoms with E-state index in [0.29, 0.717) is 11.4 Å². The van der Waals surface area contributed by atoms with E-state index in [0.717, 1.165) is 0 Å². The Bertz CT molecular complexity index is 433. The molecule has 0 aliphatic carbocycles. The van der Waals surface area contributed by atoms with E-state index < -0.39 is 11.7 Å². The number of carbonyl (C=O) groups is 1. The van der Waals surface area contributed by atoms with Crippen LogP contribution in [0.15, 0.2) is 24.3 Å². The second-order valence-electron chi connectivity index (χ2n) is 3.76. The fourth-order valence-corrected chi connectivity index (χ4v) is 1.01. The van der Waals surface area contributed by atoms with Gasteiger partial charge in [0, 0.05) is 0 Å². The number of rotatable bonds is 2. The zero-order chi connectivity index (χ0) is 12.2. The summed E-state index contributed by atoms with van der Waals surface area (Å²) in [6.45, 7) is 3.25. The van der Waals surface area contributed by atoms with Crippen molar-refractivity contribution in [3.8, 4) is 12.3 Å². The third kappa shape index (κ3) is 3.21. The van der Waals surface area contributed by atoms with Crippen molar-refractivity contribution in [1.82, 2.24) is 0 Å². The molecule has 0 radical (unpaired) electrons. The van der Waals surface area contributed by atoms with Crippen molar-refractivity contribution in [2.45, 2.75) is 19.4 Å². The monoisotopic (exact) mass is 218 g/mol. The topological polar surface area (TPSA) is 64.3 Å². The molecule has 0 unspecified atom stereocenters. The molecule has 0 spiro atoms. The number of terminal acetylenes is 1. The lowest BCUT2D eigenvalue weighted by Gasteiger charge is -2.19. The smallest absolute Gasteiger partial charge is 0.413 e. The van der Waals surface area contributed by atoms with Crippen molar-refractivity contribution in [3.63, 3.8) is 0 Å². The van der Waals surface area contributed by atoms with E-state index in [1.807, 2.05) is 0 Å². The number of carbonyl (C=O) groups excluding carboxylic acids is 1. The highest BCUT2D eigenvalue weighted by atomic mass is 16.6. The molecule has 1 amide bonds. The van der Waals surface area contributed by atoms with Crippen molar-refractivity contribution >= 4 is 17.5 Å². The van der Waals surface area contributed by atoms with Crippen LogP contribution in [0.25, 0.3) is 0 Å². The Balaban J connectivity index is 2.67. The number of amides is 1. The average molecular weight is 218 g/mol. The van der Waals surface area contributed by atoms with E-state index in [1.165, 1.54) is 0 Å². The number of ether oxygens (including phenoxy) is 1. The second-order valence-corrected chi connectivity index (χ2v) is 3.76. The predicted molar refractivity (Wildman–Crippen MR) is 63.9 cm³/mol. The highest BCUT2D eigenvalue weighted by molar-refractivity contribution is 5.89. The summed E-state index contributed by atoms with van der Waals surface area (Å²) in [5.41, 5.74) is 5.69. The van der Waals surface area contributed by atoms with E-state index in [2.05, 4.69) is 11.2 Å². The molecule has 16 heavy (non-hydrogen) atoms. The van der Waals surface area contributed by atoms with Crippen LogP contribution in [0, 0.1) is 12.3 Å². The van der Waals surface area contributed by atoms with E-state index in [1.54, 1.807) is 38.1 Å². The summed E-state index contributed by atoms with van der Waals surface area (Å²) >= 11 is 0. The van der Waals surface area contributed by atoms with E-state index >= 15 is 0 Å². The molecule has 0 heterocycles. The van der Waals surface area contributed by atoms with Gasteiger partial charge in [0.2, 0.25) is 0 Å². The SMILES string of the molecule is C#CC(C)(C)OC(=O)Nc1ccccc1N. The number of hydrogen-bond donors (Lipinski definition) is 2. The van der Waals surface area contributed by atoms with Crippen molar-refractivity contribution in [3.05, 3.63) is 24.3 Å². The summed E-state index contributed by atoms with van der Waals surface area (Å²) in [7, 11) is 0. The summed E-state index contributed by atoms with van der Waals surface area (Å²) in [4.78, 5) is 11.5. The molecular weight excluding hydrogens is 204 g/mol. The summed E-state index contributed by atoms with van der Waals surface area (Å²) in [5, 5.41) is 2.52. The van der Waals surface area contributed by atoms with E-state index in [9.17, 15) is 4.79 Å². The zero-order valence-corrected chi connectivity index (χ0v) is 9.28. The number of nitrogen functional groups attached to an aromatic ring is 1. The van der Waals surface area contributed by atoms with Crippen molar-refractivity contribution < 1.29 is 9.53 Å². The minimum absolute atomic E-state index is 0.470. The highest BCUT2D eigenvalue weighted by Gasteiger charge is 2.19. The van der Waals surface area contributed by atoms with Gasteiger partial charge in [0.1, 0.15) is 0 Å². The third-order valence-electron chi connectivity index (χ3n) is 1.89. The number of anilines is 2. The largest absolute Gasteiger partial charge is 0.430 e. The summed E-state index contributed by atoms with van der Waals surface area (Å²) in [6, 6.07) is 6.90. The van der Waals surface area contributed by atoms with Crippen LogP contribution in [-0.2, 0) is 4.74 Å². The standard InChI is InChI=1S/C12H14N2O2/c1-4-12(2,3)16-11(15)14-10-8-6-5-7-9(10)13/h1,5-8H,13H2,2-3H3,(H,14,15). The molecule has 4 heteroatoms. The molecule has 0 aliphatic rings. The first kappa shape index (κ1) is 11.9. The Labute approximate surface area is 94.8 Å². The highest BCUT2D eigenvalue weighted by Crippen LogP contribution is 2.18. The predicted octanol–water partition coefficient (Wildman–Crippen LogP) is 2.23. The molecule has 1 aromatic rings. The number of para-hydroxylation sites is 2. The van der Waals surface area contributed by atoms with Crippen molar-refractivity contribution in [2.24, 2.45) is 0 Å². The maximum atomic E-state index is 11.5. The summed E-state index contributed by atoms with van der Waals surface area (Å²) in [5.74, 6) is 2.36.